The maximum atomic E-state index is 13.0. The third kappa shape index (κ3) is 9.20. The Balaban J connectivity index is 1.73. The molecule has 0 aliphatic rings. The van der Waals surface area contributed by atoms with Gasteiger partial charge in [-0.25, -0.2) is 0 Å². The fourth-order valence-corrected chi connectivity index (χ4v) is 5.43. The van der Waals surface area contributed by atoms with Crippen LogP contribution in [0.1, 0.15) is 83.4 Å². The molecule has 2 aromatic carbocycles. The third-order valence-corrected chi connectivity index (χ3v) is 7.66. The highest BCUT2D eigenvalue weighted by Gasteiger charge is 2.23. The quantitative estimate of drug-likeness (QED) is 0.107. The maximum Gasteiger partial charge on any atom is 0.308 e. The van der Waals surface area contributed by atoms with E-state index in [0.29, 0.717) is 18.7 Å². The van der Waals surface area contributed by atoms with Gasteiger partial charge in [0.05, 0.1) is 11.2 Å². The first-order valence-electron chi connectivity index (χ1n) is 15.1. The predicted octanol–water partition coefficient (Wildman–Crippen LogP) is 7.07. The van der Waals surface area contributed by atoms with Crippen LogP contribution < -0.4 is 9.64 Å². The number of unbranched alkanes of at least 4 members (excludes halogenated alkanes) is 4. The van der Waals surface area contributed by atoms with E-state index >= 15 is 0 Å². The monoisotopic (exact) mass is 561 g/mol. The Morgan fingerprint density at radius 2 is 1.61 bits per heavy atom. The molecule has 0 saturated heterocycles. The van der Waals surface area contributed by atoms with Crippen molar-refractivity contribution in [3.05, 3.63) is 59.8 Å². The average Bonchev–Trinajstić information content (AvgIpc) is 3.21. The van der Waals surface area contributed by atoms with E-state index in [4.69, 9.17) is 4.74 Å². The van der Waals surface area contributed by atoms with Crippen molar-refractivity contribution in [1.82, 2.24) is 9.47 Å². The molecule has 0 spiro atoms. The number of aryl methyl sites for hydroxylation is 2. The molecule has 1 heterocycles. The molecule has 3 aromatic rings. The van der Waals surface area contributed by atoms with Crippen LogP contribution in [0.5, 0.6) is 5.75 Å². The number of anilines is 1. The van der Waals surface area contributed by atoms with Crippen molar-refractivity contribution in [2.75, 3.05) is 25.0 Å². The molecule has 3 rings (SSSR count). The average molecular weight is 562 g/mol. The number of ether oxygens (including phenoxy) is 1. The van der Waals surface area contributed by atoms with Crippen molar-refractivity contribution >= 4 is 34.4 Å². The van der Waals surface area contributed by atoms with Gasteiger partial charge in [0, 0.05) is 58.0 Å². The van der Waals surface area contributed by atoms with Gasteiger partial charge in [-0.3, -0.25) is 14.4 Å². The fourth-order valence-electron chi connectivity index (χ4n) is 5.43. The van der Waals surface area contributed by atoms with Gasteiger partial charge < -0.3 is 19.1 Å². The van der Waals surface area contributed by atoms with E-state index < -0.39 is 0 Å². The minimum Gasteiger partial charge on any atom is -0.427 e. The van der Waals surface area contributed by atoms with Crippen LogP contribution in [0.2, 0.25) is 0 Å². The predicted molar refractivity (Wildman–Crippen MR) is 166 cm³/mol. The lowest BCUT2D eigenvalue weighted by molar-refractivity contribution is -0.132. The number of hydrogen-bond acceptors (Lipinski definition) is 4. The van der Waals surface area contributed by atoms with Gasteiger partial charge in [-0.05, 0) is 62.8 Å². The minimum atomic E-state index is -0.372. The minimum absolute atomic E-state index is 0.0120. The van der Waals surface area contributed by atoms with Gasteiger partial charge in [0.15, 0.2) is 0 Å². The summed E-state index contributed by atoms with van der Waals surface area (Å²) in [6, 6.07) is 16.1. The number of amides is 2. The van der Waals surface area contributed by atoms with Gasteiger partial charge in [-0.15, -0.1) is 0 Å². The summed E-state index contributed by atoms with van der Waals surface area (Å²) >= 11 is 0. The Bertz CT molecular complexity index is 1300. The van der Waals surface area contributed by atoms with E-state index in [1.165, 1.54) is 12.5 Å². The summed E-state index contributed by atoms with van der Waals surface area (Å²) in [4.78, 5) is 40.6. The molecular weight excluding hydrogens is 514 g/mol. The number of esters is 1. The zero-order valence-electron chi connectivity index (χ0n) is 25.6. The highest BCUT2D eigenvalue weighted by molar-refractivity contribution is 6.05. The van der Waals surface area contributed by atoms with Crippen molar-refractivity contribution in [3.8, 4) is 5.75 Å². The summed E-state index contributed by atoms with van der Waals surface area (Å²) in [7, 11) is 1.88. The molecule has 0 bridgehead atoms. The number of carbonyl (C=O) groups is 3. The largest absolute Gasteiger partial charge is 0.427 e. The number of nitrogens with zero attached hydrogens (tertiary/aromatic N) is 3. The Hall–Kier alpha value is -3.61. The number of hydrogen-bond donors (Lipinski definition) is 0. The fraction of sp³-hybridized carbons (Fsp3) is 0.500. The van der Waals surface area contributed by atoms with Crippen LogP contribution in [0.4, 0.5) is 5.69 Å². The first-order valence-corrected chi connectivity index (χ1v) is 15.1. The van der Waals surface area contributed by atoms with E-state index in [0.717, 1.165) is 86.7 Å². The summed E-state index contributed by atoms with van der Waals surface area (Å²) in [5.74, 6) is 0.304. The third-order valence-electron chi connectivity index (χ3n) is 7.66. The lowest BCUT2D eigenvalue weighted by Gasteiger charge is -2.22. The Labute approximate surface area is 245 Å². The van der Waals surface area contributed by atoms with Gasteiger partial charge in [0.2, 0.25) is 11.8 Å². The van der Waals surface area contributed by atoms with Gasteiger partial charge in [0.1, 0.15) is 5.75 Å². The standard InChI is InChI=1S/C34H47N3O4/c1-6-7-22-35(5)33(40)19-13-8-9-14-23-37(27(3)38)34-26(2)36(24-15-18-29-16-11-10-12-17-29)32-21-20-30(25-31(32)34)41-28(4)39/h10-12,16-17,20-21,25H,6-9,13-15,18-19,22-24H2,1-5H3. The number of fused-ring (bicyclic) bond motifs is 1. The summed E-state index contributed by atoms with van der Waals surface area (Å²) in [6.45, 7) is 9.44. The summed E-state index contributed by atoms with van der Waals surface area (Å²) in [5, 5.41) is 0.914. The van der Waals surface area contributed by atoms with Crippen LogP contribution in [-0.2, 0) is 27.3 Å². The molecule has 0 aliphatic heterocycles. The number of benzene rings is 2. The van der Waals surface area contributed by atoms with Gasteiger partial charge in [0.25, 0.3) is 0 Å². The molecule has 41 heavy (non-hydrogen) atoms. The van der Waals surface area contributed by atoms with Crippen LogP contribution in [0, 0.1) is 6.92 Å². The van der Waals surface area contributed by atoms with Crippen LogP contribution in [-0.4, -0.2) is 47.4 Å². The summed E-state index contributed by atoms with van der Waals surface area (Å²) in [5.41, 5.74) is 4.25. The topological polar surface area (TPSA) is 71.8 Å². The molecule has 1 aromatic heterocycles. The second kappa shape index (κ2) is 16.0. The molecule has 2 amide bonds. The summed E-state index contributed by atoms with van der Waals surface area (Å²) < 4.78 is 7.69. The van der Waals surface area contributed by atoms with Crippen molar-refractivity contribution in [1.29, 1.82) is 0 Å². The smallest absolute Gasteiger partial charge is 0.308 e. The normalized spacial score (nSPS) is 11.0. The second-order valence-electron chi connectivity index (χ2n) is 11.0. The number of carbonyl (C=O) groups excluding carboxylic acids is 3. The van der Waals surface area contributed by atoms with Crippen molar-refractivity contribution < 1.29 is 19.1 Å². The Morgan fingerprint density at radius 1 is 0.878 bits per heavy atom. The zero-order chi connectivity index (χ0) is 29.8. The van der Waals surface area contributed by atoms with E-state index in [1.807, 2.05) is 41.1 Å². The Kier molecular flexibility index (Phi) is 12.4. The van der Waals surface area contributed by atoms with Crippen LogP contribution in [0.15, 0.2) is 48.5 Å². The van der Waals surface area contributed by atoms with E-state index in [9.17, 15) is 14.4 Å². The number of rotatable bonds is 16. The SMILES string of the molecule is CCCCN(C)C(=O)CCCCCCN(C(C)=O)c1c(C)n(CCCc2ccccc2)c2ccc(OC(C)=O)cc12. The van der Waals surface area contributed by atoms with Crippen LogP contribution >= 0.6 is 0 Å². The molecule has 0 unspecified atom stereocenters. The van der Waals surface area contributed by atoms with Gasteiger partial charge in [-0.1, -0.05) is 56.5 Å². The van der Waals surface area contributed by atoms with Crippen molar-refractivity contribution in [2.45, 2.75) is 92.0 Å². The molecule has 7 nitrogen and oxygen atoms in total. The lowest BCUT2D eigenvalue weighted by atomic mass is 10.1. The second-order valence-corrected chi connectivity index (χ2v) is 11.0. The molecule has 222 valence electrons. The first-order chi connectivity index (χ1) is 19.7. The van der Waals surface area contributed by atoms with E-state index in [-0.39, 0.29) is 17.8 Å². The van der Waals surface area contributed by atoms with Gasteiger partial charge >= 0.3 is 5.97 Å². The van der Waals surface area contributed by atoms with E-state index in [2.05, 4.69) is 42.7 Å². The van der Waals surface area contributed by atoms with Crippen molar-refractivity contribution in [2.24, 2.45) is 0 Å². The molecule has 0 N–H and O–H groups in total. The highest BCUT2D eigenvalue weighted by atomic mass is 16.5. The van der Waals surface area contributed by atoms with Crippen LogP contribution in [0.25, 0.3) is 10.9 Å². The lowest BCUT2D eigenvalue weighted by Crippen LogP contribution is -2.30. The Morgan fingerprint density at radius 3 is 2.29 bits per heavy atom. The number of aromatic nitrogens is 1. The molecular formula is C34H47N3O4. The maximum absolute atomic E-state index is 13.0. The highest BCUT2D eigenvalue weighted by Crippen LogP contribution is 2.37. The molecule has 0 aliphatic carbocycles. The molecule has 0 saturated carbocycles. The molecule has 0 radical (unpaired) electrons. The molecule has 0 fully saturated rings. The first kappa shape index (κ1) is 31.9. The zero-order valence-corrected chi connectivity index (χ0v) is 25.6. The van der Waals surface area contributed by atoms with Crippen molar-refractivity contribution in [3.63, 3.8) is 0 Å². The van der Waals surface area contributed by atoms with Gasteiger partial charge in [-0.2, -0.15) is 0 Å². The molecule has 0 atom stereocenters. The van der Waals surface area contributed by atoms with Crippen LogP contribution in [0.3, 0.4) is 0 Å². The van der Waals surface area contributed by atoms with E-state index in [1.54, 1.807) is 6.92 Å². The molecule has 7 heteroatoms. The summed E-state index contributed by atoms with van der Waals surface area (Å²) in [6.07, 6.45) is 8.24.